The van der Waals surface area contributed by atoms with Crippen molar-refractivity contribution < 1.29 is 9.53 Å². The van der Waals surface area contributed by atoms with E-state index in [1.165, 1.54) is 6.42 Å². The van der Waals surface area contributed by atoms with Crippen molar-refractivity contribution in [3.63, 3.8) is 0 Å². The van der Waals surface area contributed by atoms with Crippen LogP contribution in [0, 0.1) is 11.8 Å². The summed E-state index contributed by atoms with van der Waals surface area (Å²) in [5.74, 6) is 2.15. The molecular formula is C19H31N3O2. The Labute approximate surface area is 145 Å². The first-order valence-electron chi connectivity index (χ1n) is 8.99. The number of nitrogens with zero attached hydrogens (tertiary/aromatic N) is 1. The lowest BCUT2D eigenvalue weighted by Gasteiger charge is -2.36. The maximum atomic E-state index is 12.3. The first kappa shape index (κ1) is 18.6. The zero-order valence-corrected chi connectivity index (χ0v) is 15.3. The highest BCUT2D eigenvalue weighted by atomic mass is 16.5. The fourth-order valence-corrected chi connectivity index (χ4v) is 3.61. The first-order valence-corrected chi connectivity index (χ1v) is 8.99. The first-order chi connectivity index (χ1) is 11.5. The third-order valence-electron chi connectivity index (χ3n) is 4.29. The number of ether oxygens (including phenoxy) is 1. The monoisotopic (exact) mass is 333 g/mol. The zero-order chi connectivity index (χ0) is 17.5. The SMILES string of the molecule is CCOc1ccccc1NC(=O)NC(C)CN1CC(C)CC(C)C1. The van der Waals surface area contributed by atoms with E-state index in [0.29, 0.717) is 18.0 Å². The Kier molecular flexibility index (Phi) is 6.91. The Morgan fingerprint density at radius 3 is 2.62 bits per heavy atom. The second-order valence-corrected chi connectivity index (χ2v) is 7.09. The van der Waals surface area contributed by atoms with E-state index in [9.17, 15) is 4.79 Å². The number of likely N-dealkylation sites (tertiary alicyclic amines) is 1. The molecule has 0 aromatic heterocycles. The summed E-state index contributed by atoms with van der Waals surface area (Å²) >= 11 is 0. The van der Waals surface area contributed by atoms with Crippen LogP contribution in [0.3, 0.4) is 0 Å². The van der Waals surface area contributed by atoms with E-state index in [1.807, 2.05) is 31.2 Å². The van der Waals surface area contributed by atoms with Gasteiger partial charge in [-0.3, -0.25) is 0 Å². The fraction of sp³-hybridized carbons (Fsp3) is 0.632. The molecule has 0 spiro atoms. The molecule has 1 heterocycles. The van der Waals surface area contributed by atoms with Gasteiger partial charge in [-0.25, -0.2) is 4.79 Å². The standard InChI is InChI=1S/C19H31N3O2/c1-5-24-18-9-7-6-8-17(18)21-19(23)20-16(4)13-22-11-14(2)10-15(3)12-22/h6-9,14-16H,5,10-13H2,1-4H3,(H2,20,21,23). The van der Waals surface area contributed by atoms with Gasteiger partial charge in [-0.1, -0.05) is 26.0 Å². The maximum absolute atomic E-state index is 12.3. The summed E-state index contributed by atoms with van der Waals surface area (Å²) in [4.78, 5) is 14.7. The molecule has 3 atom stereocenters. The highest BCUT2D eigenvalue weighted by molar-refractivity contribution is 5.91. The van der Waals surface area contributed by atoms with Gasteiger partial charge in [0.05, 0.1) is 12.3 Å². The topological polar surface area (TPSA) is 53.6 Å². The predicted octanol–water partition coefficient (Wildman–Crippen LogP) is 3.57. The van der Waals surface area contributed by atoms with Gasteiger partial charge in [0.25, 0.3) is 0 Å². The van der Waals surface area contributed by atoms with E-state index in [-0.39, 0.29) is 12.1 Å². The number of anilines is 1. The van der Waals surface area contributed by atoms with Gasteiger partial charge in [-0.2, -0.15) is 0 Å². The molecule has 2 amide bonds. The minimum atomic E-state index is -0.187. The number of para-hydroxylation sites is 2. The van der Waals surface area contributed by atoms with Gasteiger partial charge >= 0.3 is 6.03 Å². The molecule has 24 heavy (non-hydrogen) atoms. The van der Waals surface area contributed by atoms with Crippen LogP contribution in [0.15, 0.2) is 24.3 Å². The molecule has 1 aliphatic rings. The third kappa shape index (κ3) is 5.71. The molecule has 2 N–H and O–H groups in total. The quantitative estimate of drug-likeness (QED) is 0.837. The van der Waals surface area contributed by atoms with Crippen molar-refractivity contribution in [3.8, 4) is 5.75 Å². The van der Waals surface area contributed by atoms with E-state index < -0.39 is 0 Å². The number of carbonyl (C=O) groups is 1. The second-order valence-electron chi connectivity index (χ2n) is 7.09. The maximum Gasteiger partial charge on any atom is 0.319 e. The number of hydrogen-bond donors (Lipinski definition) is 2. The molecule has 1 aromatic rings. The van der Waals surface area contributed by atoms with Crippen LogP contribution in [0.1, 0.15) is 34.1 Å². The number of benzene rings is 1. The van der Waals surface area contributed by atoms with Crippen LogP contribution in [-0.2, 0) is 0 Å². The Balaban J connectivity index is 1.83. The number of hydrogen-bond acceptors (Lipinski definition) is 3. The minimum absolute atomic E-state index is 0.0988. The Morgan fingerprint density at radius 1 is 1.29 bits per heavy atom. The lowest BCUT2D eigenvalue weighted by molar-refractivity contribution is 0.132. The van der Waals surface area contributed by atoms with Crippen LogP contribution in [-0.4, -0.2) is 43.2 Å². The van der Waals surface area contributed by atoms with Crippen molar-refractivity contribution in [3.05, 3.63) is 24.3 Å². The lowest BCUT2D eigenvalue weighted by Crippen LogP contribution is -2.47. The Morgan fingerprint density at radius 2 is 1.96 bits per heavy atom. The number of nitrogens with one attached hydrogen (secondary N) is 2. The van der Waals surface area contributed by atoms with Crippen LogP contribution in [0.25, 0.3) is 0 Å². The molecule has 1 saturated heterocycles. The van der Waals surface area contributed by atoms with Gasteiger partial charge in [0.2, 0.25) is 0 Å². The van der Waals surface area contributed by atoms with Gasteiger partial charge in [-0.15, -0.1) is 0 Å². The van der Waals surface area contributed by atoms with Gasteiger partial charge in [0.15, 0.2) is 0 Å². The summed E-state index contributed by atoms with van der Waals surface area (Å²) in [7, 11) is 0. The van der Waals surface area contributed by atoms with Gasteiger partial charge in [0, 0.05) is 25.7 Å². The second kappa shape index (κ2) is 8.92. The van der Waals surface area contributed by atoms with Crippen molar-refractivity contribution in [1.29, 1.82) is 0 Å². The molecule has 0 radical (unpaired) electrons. The molecule has 0 saturated carbocycles. The van der Waals surface area contributed by atoms with E-state index in [0.717, 1.165) is 31.5 Å². The van der Waals surface area contributed by atoms with Gasteiger partial charge in [-0.05, 0) is 44.2 Å². The molecular weight excluding hydrogens is 302 g/mol. The highest BCUT2D eigenvalue weighted by Crippen LogP contribution is 2.23. The highest BCUT2D eigenvalue weighted by Gasteiger charge is 2.23. The fourth-order valence-electron chi connectivity index (χ4n) is 3.61. The molecule has 1 aliphatic heterocycles. The normalized spacial score (nSPS) is 22.7. The van der Waals surface area contributed by atoms with Crippen LogP contribution in [0.5, 0.6) is 5.75 Å². The van der Waals surface area contributed by atoms with Crippen molar-refractivity contribution in [2.75, 3.05) is 31.6 Å². The third-order valence-corrected chi connectivity index (χ3v) is 4.29. The van der Waals surface area contributed by atoms with E-state index in [1.54, 1.807) is 0 Å². The van der Waals surface area contributed by atoms with Crippen molar-refractivity contribution >= 4 is 11.7 Å². The summed E-state index contributed by atoms with van der Waals surface area (Å²) in [5, 5.41) is 5.91. The minimum Gasteiger partial charge on any atom is -0.492 e. The smallest absolute Gasteiger partial charge is 0.319 e. The molecule has 5 heteroatoms. The number of urea groups is 1. The van der Waals surface area contributed by atoms with E-state index >= 15 is 0 Å². The van der Waals surface area contributed by atoms with Crippen molar-refractivity contribution in [2.24, 2.45) is 11.8 Å². The zero-order valence-electron chi connectivity index (χ0n) is 15.3. The van der Waals surface area contributed by atoms with Crippen LogP contribution in [0.4, 0.5) is 10.5 Å². The molecule has 3 unspecified atom stereocenters. The summed E-state index contributed by atoms with van der Waals surface area (Å²) < 4.78 is 5.54. The average Bonchev–Trinajstić information content (AvgIpc) is 2.48. The van der Waals surface area contributed by atoms with Gasteiger partial charge in [0.1, 0.15) is 5.75 Å². The Hall–Kier alpha value is -1.75. The van der Waals surface area contributed by atoms with Crippen LogP contribution >= 0.6 is 0 Å². The summed E-state index contributed by atoms with van der Waals surface area (Å²) in [6, 6.07) is 7.41. The largest absolute Gasteiger partial charge is 0.492 e. The molecule has 1 aromatic carbocycles. The Bertz CT molecular complexity index is 525. The number of carbonyl (C=O) groups excluding carboxylic acids is 1. The number of amides is 2. The predicted molar refractivity (Wildman–Crippen MR) is 98.6 cm³/mol. The molecule has 2 rings (SSSR count). The molecule has 0 bridgehead atoms. The summed E-state index contributed by atoms with van der Waals surface area (Å²) in [6.07, 6.45) is 1.30. The summed E-state index contributed by atoms with van der Waals surface area (Å²) in [6.45, 7) is 12.3. The molecule has 1 fully saturated rings. The number of rotatable bonds is 6. The molecule has 134 valence electrons. The average molecular weight is 333 g/mol. The molecule has 5 nitrogen and oxygen atoms in total. The van der Waals surface area contributed by atoms with Crippen molar-refractivity contribution in [2.45, 2.75) is 40.2 Å². The number of piperidine rings is 1. The van der Waals surface area contributed by atoms with Crippen LogP contribution in [0.2, 0.25) is 0 Å². The van der Waals surface area contributed by atoms with Gasteiger partial charge < -0.3 is 20.3 Å². The molecule has 0 aliphatic carbocycles. The van der Waals surface area contributed by atoms with E-state index in [4.69, 9.17) is 4.74 Å². The lowest BCUT2D eigenvalue weighted by atomic mass is 9.92. The van der Waals surface area contributed by atoms with Crippen LogP contribution < -0.4 is 15.4 Å². The van der Waals surface area contributed by atoms with E-state index in [2.05, 4.69) is 36.3 Å². The van der Waals surface area contributed by atoms with Crippen molar-refractivity contribution in [1.82, 2.24) is 10.2 Å². The summed E-state index contributed by atoms with van der Waals surface area (Å²) in [5.41, 5.74) is 0.698.